The van der Waals surface area contributed by atoms with E-state index in [1.807, 2.05) is 30.3 Å². The molecule has 0 N–H and O–H groups in total. The molecule has 0 unspecified atom stereocenters. The van der Waals surface area contributed by atoms with Crippen LogP contribution in [0.25, 0.3) is 10.9 Å². The molecule has 0 saturated heterocycles. The fraction of sp³-hybridized carbons (Fsp3) is 0.100. The lowest BCUT2D eigenvalue weighted by Gasteiger charge is -1.97. The van der Waals surface area contributed by atoms with Gasteiger partial charge in [-0.2, -0.15) is 10.2 Å². The third-order valence-electron chi connectivity index (χ3n) is 1.82. The SMILES string of the molecule is C/N=N/c1cccc2cccnc12. The van der Waals surface area contributed by atoms with Gasteiger partial charge in [-0.15, -0.1) is 0 Å². The summed E-state index contributed by atoms with van der Waals surface area (Å²) < 4.78 is 0. The Morgan fingerprint density at radius 3 is 2.85 bits per heavy atom. The second-order valence-corrected chi connectivity index (χ2v) is 2.65. The van der Waals surface area contributed by atoms with E-state index < -0.39 is 0 Å². The van der Waals surface area contributed by atoms with E-state index in [0.717, 1.165) is 16.6 Å². The molecule has 0 bridgehead atoms. The monoisotopic (exact) mass is 171 g/mol. The molecular formula is C10H9N3. The van der Waals surface area contributed by atoms with E-state index in [2.05, 4.69) is 15.2 Å². The maximum atomic E-state index is 4.25. The highest BCUT2D eigenvalue weighted by molar-refractivity contribution is 5.88. The molecular weight excluding hydrogens is 162 g/mol. The lowest BCUT2D eigenvalue weighted by Crippen LogP contribution is -1.76. The summed E-state index contributed by atoms with van der Waals surface area (Å²) in [7, 11) is 1.65. The summed E-state index contributed by atoms with van der Waals surface area (Å²) in [5.41, 5.74) is 1.72. The van der Waals surface area contributed by atoms with Crippen LogP contribution in [0.5, 0.6) is 0 Å². The van der Waals surface area contributed by atoms with Crippen molar-refractivity contribution >= 4 is 16.6 Å². The Morgan fingerprint density at radius 1 is 1.15 bits per heavy atom. The molecule has 64 valence electrons. The molecule has 0 radical (unpaired) electrons. The molecule has 0 atom stereocenters. The molecule has 3 heteroatoms. The van der Waals surface area contributed by atoms with Gasteiger partial charge < -0.3 is 0 Å². The second kappa shape index (κ2) is 3.31. The Morgan fingerprint density at radius 2 is 2.00 bits per heavy atom. The fourth-order valence-corrected chi connectivity index (χ4v) is 1.28. The van der Waals surface area contributed by atoms with Gasteiger partial charge in [0.05, 0.1) is 5.52 Å². The topological polar surface area (TPSA) is 37.6 Å². The van der Waals surface area contributed by atoms with Crippen molar-refractivity contribution in [3.63, 3.8) is 0 Å². The number of hydrogen-bond acceptors (Lipinski definition) is 3. The molecule has 0 aliphatic carbocycles. The normalized spacial score (nSPS) is 11.2. The van der Waals surface area contributed by atoms with Crippen molar-refractivity contribution in [2.45, 2.75) is 0 Å². The highest BCUT2D eigenvalue weighted by Gasteiger charge is 1.98. The summed E-state index contributed by atoms with van der Waals surface area (Å²) in [6, 6.07) is 9.79. The highest BCUT2D eigenvalue weighted by Crippen LogP contribution is 2.23. The number of benzene rings is 1. The van der Waals surface area contributed by atoms with E-state index in [0.29, 0.717) is 0 Å². The zero-order valence-corrected chi connectivity index (χ0v) is 7.31. The van der Waals surface area contributed by atoms with E-state index >= 15 is 0 Å². The Bertz CT molecular complexity index is 443. The second-order valence-electron chi connectivity index (χ2n) is 2.65. The Kier molecular flexibility index (Phi) is 2.00. The Hall–Kier alpha value is -1.77. The quantitative estimate of drug-likeness (QED) is 0.608. The highest BCUT2D eigenvalue weighted by atomic mass is 15.1. The molecule has 0 spiro atoms. The van der Waals surface area contributed by atoms with Gasteiger partial charge in [0.1, 0.15) is 5.69 Å². The van der Waals surface area contributed by atoms with Crippen LogP contribution >= 0.6 is 0 Å². The minimum Gasteiger partial charge on any atom is -0.254 e. The first kappa shape index (κ1) is 7.86. The van der Waals surface area contributed by atoms with Gasteiger partial charge in [-0.1, -0.05) is 18.2 Å². The van der Waals surface area contributed by atoms with Crippen LogP contribution in [0, 0.1) is 0 Å². The van der Waals surface area contributed by atoms with Gasteiger partial charge in [-0.25, -0.2) is 0 Å². The molecule has 1 heterocycles. The van der Waals surface area contributed by atoms with E-state index in [-0.39, 0.29) is 0 Å². The van der Waals surface area contributed by atoms with Crippen LogP contribution in [0.4, 0.5) is 5.69 Å². The fourth-order valence-electron chi connectivity index (χ4n) is 1.28. The number of azo groups is 1. The average Bonchev–Trinajstić information content (AvgIpc) is 2.19. The van der Waals surface area contributed by atoms with Gasteiger partial charge in [0.2, 0.25) is 0 Å². The van der Waals surface area contributed by atoms with Gasteiger partial charge >= 0.3 is 0 Å². The zero-order chi connectivity index (χ0) is 9.10. The maximum absolute atomic E-state index is 4.25. The minimum atomic E-state index is 0.820. The molecule has 0 saturated carbocycles. The molecule has 13 heavy (non-hydrogen) atoms. The first-order chi connectivity index (χ1) is 6.42. The van der Waals surface area contributed by atoms with Crippen LogP contribution in [0.1, 0.15) is 0 Å². The predicted octanol–water partition coefficient (Wildman–Crippen LogP) is 2.95. The zero-order valence-electron chi connectivity index (χ0n) is 7.31. The molecule has 1 aromatic carbocycles. The van der Waals surface area contributed by atoms with Crippen molar-refractivity contribution in [2.24, 2.45) is 10.2 Å². The number of pyridine rings is 1. The third kappa shape index (κ3) is 1.40. The molecule has 0 aliphatic rings. The van der Waals surface area contributed by atoms with E-state index in [9.17, 15) is 0 Å². The number of rotatable bonds is 1. The Balaban J connectivity index is 2.75. The third-order valence-corrected chi connectivity index (χ3v) is 1.82. The first-order valence-electron chi connectivity index (χ1n) is 4.05. The van der Waals surface area contributed by atoms with Crippen molar-refractivity contribution in [3.8, 4) is 0 Å². The molecule has 2 rings (SSSR count). The summed E-state index contributed by atoms with van der Waals surface area (Å²) in [4.78, 5) is 4.25. The molecule has 0 aliphatic heterocycles. The minimum absolute atomic E-state index is 0.820. The summed E-state index contributed by atoms with van der Waals surface area (Å²) in [6.07, 6.45) is 1.76. The number of nitrogens with zero attached hydrogens (tertiary/aromatic N) is 3. The van der Waals surface area contributed by atoms with Gasteiger partial charge in [0, 0.05) is 18.6 Å². The standard InChI is InChI=1S/C10H9N3/c1-11-13-9-6-2-4-8-5-3-7-12-10(8)9/h2-7H,1H3/b13-11+. The van der Waals surface area contributed by atoms with Crippen LogP contribution in [-0.4, -0.2) is 12.0 Å². The lowest BCUT2D eigenvalue weighted by atomic mass is 10.2. The molecule has 3 nitrogen and oxygen atoms in total. The summed E-state index contributed by atoms with van der Waals surface area (Å²) in [5.74, 6) is 0. The number of aromatic nitrogens is 1. The van der Waals surface area contributed by atoms with Crippen LogP contribution in [0.15, 0.2) is 46.8 Å². The summed E-state index contributed by atoms with van der Waals surface area (Å²) in [6.45, 7) is 0. The van der Waals surface area contributed by atoms with Crippen LogP contribution in [0.3, 0.4) is 0 Å². The van der Waals surface area contributed by atoms with Crippen molar-refractivity contribution in [1.82, 2.24) is 4.98 Å². The maximum Gasteiger partial charge on any atom is 0.111 e. The van der Waals surface area contributed by atoms with Crippen molar-refractivity contribution in [2.75, 3.05) is 7.05 Å². The molecule has 0 fully saturated rings. The van der Waals surface area contributed by atoms with Crippen molar-refractivity contribution < 1.29 is 0 Å². The van der Waals surface area contributed by atoms with E-state index in [1.165, 1.54) is 0 Å². The van der Waals surface area contributed by atoms with Crippen LogP contribution < -0.4 is 0 Å². The number of fused-ring (bicyclic) bond motifs is 1. The lowest BCUT2D eigenvalue weighted by molar-refractivity contribution is 1.17. The van der Waals surface area contributed by atoms with Gasteiger partial charge in [-0.05, 0) is 12.1 Å². The van der Waals surface area contributed by atoms with E-state index in [4.69, 9.17) is 0 Å². The summed E-state index contributed by atoms with van der Waals surface area (Å²) in [5, 5.41) is 8.83. The van der Waals surface area contributed by atoms with Gasteiger partial charge in [-0.3, -0.25) is 4.98 Å². The molecule has 2 aromatic rings. The van der Waals surface area contributed by atoms with Crippen molar-refractivity contribution in [1.29, 1.82) is 0 Å². The predicted molar refractivity (Wildman–Crippen MR) is 52.2 cm³/mol. The van der Waals surface area contributed by atoms with Gasteiger partial charge in [0.15, 0.2) is 0 Å². The van der Waals surface area contributed by atoms with Gasteiger partial charge in [0.25, 0.3) is 0 Å². The smallest absolute Gasteiger partial charge is 0.111 e. The molecule has 0 amide bonds. The average molecular weight is 171 g/mol. The Labute approximate surface area is 76.1 Å². The van der Waals surface area contributed by atoms with Crippen molar-refractivity contribution in [3.05, 3.63) is 36.5 Å². The number of para-hydroxylation sites is 1. The van der Waals surface area contributed by atoms with Crippen LogP contribution in [0.2, 0.25) is 0 Å². The largest absolute Gasteiger partial charge is 0.254 e. The van der Waals surface area contributed by atoms with Crippen LogP contribution in [-0.2, 0) is 0 Å². The number of hydrogen-bond donors (Lipinski definition) is 0. The molecule has 1 aromatic heterocycles. The van der Waals surface area contributed by atoms with E-state index in [1.54, 1.807) is 13.2 Å². The summed E-state index contributed by atoms with van der Waals surface area (Å²) >= 11 is 0. The first-order valence-corrected chi connectivity index (χ1v) is 4.05.